The Kier molecular flexibility index (Phi) is 6.13. The second-order valence-electron chi connectivity index (χ2n) is 6.08. The average molecular weight is 388 g/mol. The van der Waals surface area contributed by atoms with Gasteiger partial charge in [-0.2, -0.15) is 4.98 Å². The lowest BCUT2D eigenvalue weighted by Gasteiger charge is -2.15. The van der Waals surface area contributed by atoms with Gasteiger partial charge in [-0.25, -0.2) is 0 Å². The van der Waals surface area contributed by atoms with E-state index in [1.807, 2.05) is 38.1 Å². The van der Waals surface area contributed by atoms with Gasteiger partial charge in [0.1, 0.15) is 11.5 Å². The van der Waals surface area contributed by atoms with Crippen molar-refractivity contribution in [3.8, 4) is 11.4 Å². The van der Waals surface area contributed by atoms with E-state index >= 15 is 0 Å². The maximum absolute atomic E-state index is 5.90. The molecule has 0 saturated heterocycles. The van der Waals surface area contributed by atoms with E-state index in [-0.39, 0.29) is 6.04 Å². The number of guanidine groups is 1. The van der Waals surface area contributed by atoms with Crippen LogP contribution in [0.1, 0.15) is 30.4 Å². The molecule has 0 bridgehead atoms. The molecule has 0 aliphatic heterocycles. The van der Waals surface area contributed by atoms with Crippen LogP contribution in [0.3, 0.4) is 0 Å². The zero-order valence-electron chi connectivity index (χ0n) is 15.5. The van der Waals surface area contributed by atoms with Crippen LogP contribution in [0.4, 0.5) is 0 Å². The number of aromatic nitrogens is 2. The van der Waals surface area contributed by atoms with Gasteiger partial charge < -0.3 is 19.6 Å². The first kappa shape index (κ1) is 19.0. The van der Waals surface area contributed by atoms with Crippen molar-refractivity contribution in [2.24, 2.45) is 4.99 Å². The third kappa shape index (κ3) is 5.10. The predicted octanol–water partition coefficient (Wildman–Crippen LogP) is 3.76. The number of nitrogens with one attached hydrogen (secondary N) is 2. The molecule has 0 saturated carbocycles. The van der Waals surface area contributed by atoms with Gasteiger partial charge in [-0.1, -0.05) is 16.8 Å². The molecule has 0 amide bonds. The van der Waals surface area contributed by atoms with Crippen molar-refractivity contribution in [3.05, 3.63) is 58.8 Å². The Balaban J connectivity index is 1.50. The molecule has 0 spiro atoms. The Morgan fingerprint density at radius 3 is 2.67 bits per heavy atom. The summed E-state index contributed by atoms with van der Waals surface area (Å²) >= 11 is 5.90. The number of aryl methyl sites for hydroxylation is 1. The Hall–Kier alpha value is -2.80. The van der Waals surface area contributed by atoms with Gasteiger partial charge in [0.15, 0.2) is 5.96 Å². The predicted molar refractivity (Wildman–Crippen MR) is 105 cm³/mol. The molecular weight excluding hydrogens is 366 g/mol. The van der Waals surface area contributed by atoms with Crippen LogP contribution in [-0.2, 0) is 6.42 Å². The molecule has 1 unspecified atom stereocenters. The second kappa shape index (κ2) is 8.73. The van der Waals surface area contributed by atoms with E-state index in [4.69, 9.17) is 20.5 Å². The zero-order chi connectivity index (χ0) is 19.2. The third-order valence-electron chi connectivity index (χ3n) is 3.97. The van der Waals surface area contributed by atoms with E-state index in [9.17, 15) is 0 Å². The summed E-state index contributed by atoms with van der Waals surface area (Å²) in [5, 5.41) is 11.2. The summed E-state index contributed by atoms with van der Waals surface area (Å²) in [6.07, 6.45) is 0.579. The van der Waals surface area contributed by atoms with Crippen molar-refractivity contribution in [1.82, 2.24) is 20.8 Å². The van der Waals surface area contributed by atoms with Crippen LogP contribution in [0.15, 0.2) is 50.3 Å². The van der Waals surface area contributed by atoms with E-state index in [2.05, 4.69) is 25.8 Å². The molecule has 0 fully saturated rings. The van der Waals surface area contributed by atoms with Crippen LogP contribution in [0.5, 0.6) is 0 Å². The Labute approximate surface area is 162 Å². The highest BCUT2D eigenvalue weighted by Crippen LogP contribution is 2.18. The van der Waals surface area contributed by atoms with Crippen LogP contribution < -0.4 is 10.6 Å². The van der Waals surface area contributed by atoms with Crippen LogP contribution in [0.25, 0.3) is 11.4 Å². The average Bonchev–Trinajstić information content (AvgIpc) is 3.30. The van der Waals surface area contributed by atoms with Gasteiger partial charge >= 0.3 is 0 Å². The number of benzene rings is 1. The second-order valence-corrected chi connectivity index (χ2v) is 6.52. The molecule has 2 aromatic heterocycles. The van der Waals surface area contributed by atoms with Gasteiger partial charge in [-0.05, 0) is 50.2 Å². The van der Waals surface area contributed by atoms with Crippen molar-refractivity contribution in [1.29, 1.82) is 0 Å². The summed E-state index contributed by atoms with van der Waals surface area (Å²) in [7, 11) is 1.72. The van der Waals surface area contributed by atoms with Gasteiger partial charge in [-0.3, -0.25) is 4.99 Å². The number of hydrogen-bond donors (Lipinski definition) is 2. The highest BCUT2D eigenvalue weighted by atomic mass is 35.5. The molecule has 0 aliphatic rings. The van der Waals surface area contributed by atoms with Gasteiger partial charge in [0, 0.05) is 30.6 Å². The maximum atomic E-state index is 5.90. The van der Waals surface area contributed by atoms with Crippen LogP contribution in [0.2, 0.25) is 5.02 Å². The molecule has 3 rings (SSSR count). The molecule has 0 radical (unpaired) electrons. The van der Waals surface area contributed by atoms with E-state index < -0.39 is 0 Å². The third-order valence-corrected chi connectivity index (χ3v) is 4.22. The van der Waals surface area contributed by atoms with Gasteiger partial charge in [0.2, 0.25) is 11.7 Å². The summed E-state index contributed by atoms with van der Waals surface area (Å²) in [6, 6.07) is 11.2. The highest BCUT2D eigenvalue weighted by Gasteiger charge is 2.12. The van der Waals surface area contributed by atoms with Crippen LogP contribution in [-0.4, -0.2) is 29.7 Å². The normalized spacial score (nSPS) is 12.8. The van der Waals surface area contributed by atoms with Gasteiger partial charge in [-0.15, -0.1) is 0 Å². The molecule has 7 nitrogen and oxygen atoms in total. The summed E-state index contributed by atoms with van der Waals surface area (Å²) in [6.45, 7) is 4.54. The number of furan rings is 1. The van der Waals surface area contributed by atoms with Crippen LogP contribution in [0, 0.1) is 6.92 Å². The number of halogens is 1. The molecule has 3 aromatic rings. The van der Waals surface area contributed by atoms with E-state index in [1.165, 1.54) is 0 Å². The van der Waals surface area contributed by atoms with Gasteiger partial charge in [0.05, 0.1) is 6.04 Å². The van der Waals surface area contributed by atoms with Crippen molar-refractivity contribution in [2.75, 3.05) is 13.6 Å². The fourth-order valence-corrected chi connectivity index (χ4v) is 2.64. The van der Waals surface area contributed by atoms with E-state index in [0.717, 1.165) is 17.1 Å². The quantitative estimate of drug-likeness (QED) is 0.494. The largest absolute Gasteiger partial charge is 0.464 e. The highest BCUT2D eigenvalue weighted by molar-refractivity contribution is 6.30. The standard InChI is InChI=1S/C19H22ClN5O2/c1-12-4-9-16(26-12)13(2)23-19(21-3)22-11-10-17-24-18(25-27-17)14-5-7-15(20)8-6-14/h4-9,13H,10-11H2,1-3H3,(H2,21,22,23). The van der Waals surface area contributed by atoms with Gasteiger partial charge in [0.25, 0.3) is 0 Å². The lowest BCUT2D eigenvalue weighted by molar-refractivity contribution is 0.378. The molecule has 1 atom stereocenters. The maximum Gasteiger partial charge on any atom is 0.228 e. The number of nitrogens with zero attached hydrogens (tertiary/aromatic N) is 3. The van der Waals surface area contributed by atoms with Crippen LogP contribution >= 0.6 is 11.6 Å². The fraction of sp³-hybridized carbons (Fsp3) is 0.316. The van der Waals surface area contributed by atoms with Crippen molar-refractivity contribution in [2.45, 2.75) is 26.3 Å². The molecule has 142 valence electrons. The lowest BCUT2D eigenvalue weighted by atomic mass is 10.2. The minimum atomic E-state index is 0.00446. The van der Waals surface area contributed by atoms with Crippen molar-refractivity contribution >= 4 is 17.6 Å². The summed E-state index contributed by atoms with van der Waals surface area (Å²) in [5.41, 5.74) is 0.863. The van der Waals surface area contributed by atoms with E-state index in [0.29, 0.717) is 35.7 Å². The summed E-state index contributed by atoms with van der Waals surface area (Å²) in [5.74, 6) is 3.52. The molecule has 2 N–H and O–H groups in total. The Bertz CT molecular complexity index is 901. The molecule has 27 heavy (non-hydrogen) atoms. The number of hydrogen-bond acceptors (Lipinski definition) is 5. The molecule has 1 aromatic carbocycles. The first-order chi connectivity index (χ1) is 13.0. The monoisotopic (exact) mass is 387 g/mol. The smallest absolute Gasteiger partial charge is 0.228 e. The molecule has 0 aliphatic carbocycles. The SMILES string of the molecule is CN=C(NCCc1nc(-c2ccc(Cl)cc2)no1)NC(C)c1ccc(C)o1. The first-order valence-corrected chi connectivity index (χ1v) is 9.05. The fourth-order valence-electron chi connectivity index (χ4n) is 2.52. The van der Waals surface area contributed by atoms with E-state index in [1.54, 1.807) is 19.2 Å². The summed E-state index contributed by atoms with van der Waals surface area (Å²) in [4.78, 5) is 8.63. The first-order valence-electron chi connectivity index (χ1n) is 8.67. The topological polar surface area (TPSA) is 88.5 Å². The molecular formula is C19H22ClN5O2. The van der Waals surface area contributed by atoms with Crippen molar-refractivity contribution < 1.29 is 8.94 Å². The van der Waals surface area contributed by atoms with Crippen molar-refractivity contribution in [3.63, 3.8) is 0 Å². The molecule has 2 heterocycles. The zero-order valence-corrected chi connectivity index (χ0v) is 16.2. The summed E-state index contributed by atoms with van der Waals surface area (Å²) < 4.78 is 10.9. The Morgan fingerprint density at radius 2 is 2.00 bits per heavy atom. The lowest BCUT2D eigenvalue weighted by Crippen LogP contribution is -2.39. The number of aliphatic imine (C=N–C) groups is 1. The Morgan fingerprint density at radius 1 is 1.22 bits per heavy atom. The minimum absolute atomic E-state index is 0.00446. The minimum Gasteiger partial charge on any atom is -0.464 e. The number of rotatable bonds is 6. The molecule has 8 heteroatoms.